The normalized spacial score (nSPS) is 9.80. The SMILES string of the molecule is CCc1ccc(N)c(Br)n1. The van der Waals surface area contributed by atoms with E-state index in [1.54, 1.807) is 0 Å². The predicted octanol–water partition coefficient (Wildman–Crippen LogP) is 1.99. The smallest absolute Gasteiger partial charge is 0.129 e. The van der Waals surface area contributed by atoms with Crippen LogP contribution in [0.25, 0.3) is 0 Å². The Labute approximate surface area is 68.6 Å². The van der Waals surface area contributed by atoms with Crippen LogP contribution in [-0.4, -0.2) is 4.98 Å². The van der Waals surface area contributed by atoms with Crippen LogP contribution in [0, 0.1) is 0 Å². The van der Waals surface area contributed by atoms with Gasteiger partial charge >= 0.3 is 0 Å². The minimum atomic E-state index is 0.692. The third kappa shape index (κ3) is 1.48. The molecule has 0 aliphatic heterocycles. The molecular weight excluding hydrogens is 192 g/mol. The number of anilines is 1. The van der Waals surface area contributed by atoms with Gasteiger partial charge in [0.1, 0.15) is 4.60 Å². The van der Waals surface area contributed by atoms with Crippen molar-refractivity contribution >= 4 is 21.6 Å². The van der Waals surface area contributed by atoms with Crippen LogP contribution < -0.4 is 5.73 Å². The minimum absolute atomic E-state index is 0.692. The van der Waals surface area contributed by atoms with Crippen LogP contribution in [-0.2, 0) is 6.42 Å². The molecule has 0 radical (unpaired) electrons. The number of aromatic nitrogens is 1. The second kappa shape index (κ2) is 3.01. The summed E-state index contributed by atoms with van der Waals surface area (Å²) in [5.41, 5.74) is 7.28. The molecule has 0 fully saturated rings. The minimum Gasteiger partial charge on any atom is -0.397 e. The van der Waals surface area contributed by atoms with Crippen molar-refractivity contribution in [2.45, 2.75) is 13.3 Å². The van der Waals surface area contributed by atoms with Crippen molar-refractivity contribution in [3.8, 4) is 0 Å². The van der Waals surface area contributed by atoms with Gasteiger partial charge in [-0.2, -0.15) is 0 Å². The van der Waals surface area contributed by atoms with Crippen molar-refractivity contribution in [1.29, 1.82) is 0 Å². The summed E-state index contributed by atoms with van der Waals surface area (Å²) in [5.74, 6) is 0. The molecule has 1 aromatic heterocycles. The van der Waals surface area contributed by atoms with E-state index in [0.717, 1.165) is 16.7 Å². The molecule has 2 nitrogen and oxygen atoms in total. The molecule has 2 N–H and O–H groups in total. The molecule has 0 amide bonds. The van der Waals surface area contributed by atoms with Crippen LogP contribution in [0.15, 0.2) is 16.7 Å². The van der Waals surface area contributed by atoms with E-state index >= 15 is 0 Å². The molecule has 0 atom stereocenters. The van der Waals surface area contributed by atoms with Crippen LogP contribution in [0.4, 0.5) is 5.69 Å². The molecule has 0 aliphatic rings. The lowest BCUT2D eigenvalue weighted by Crippen LogP contribution is -1.92. The Hall–Kier alpha value is -0.570. The lowest BCUT2D eigenvalue weighted by atomic mass is 10.3. The Morgan fingerprint density at radius 3 is 2.80 bits per heavy atom. The first-order valence-electron chi connectivity index (χ1n) is 3.15. The second-order valence-electron chi connectivity index (χ2n) is 2.04. The Kier molecular flexibility index (Phi) is 2.27. The number of nitrogens with zero attached hydrogens (tertiary/aromatic N) is 1. The van der Waals surface area contributed by atoms with Crippen LogP contribution >= 0.6 is 15.9 Å². The number of halogens is 1. The Bertz CT molecular complexity index is 235. The monoisotopic (exact) mass is 200 g/mol. The maximum atomic E-state index is 5.53. The zero-order valence-corrected chi connectivity index (χ0v) is 7.35. The summed E-state index contributed by atoms with van der Waals surface area (Å²) in [6.45, 7) is 2.06. The van der Waals surface area contributed by atoms with Crippen molar-refractivity contribution in [2.24, 2.45) is 0 Å². The molecule has 10 heavy (non-hydrogen) atoms. The number of rotatable bonds is 1. The summed E-state index contributed by atoms with van der Waals surface area (Å²) >= 11 is 3.25. The summed E-state index contributed by atoms with van der Waals surface area (Å²) in [5, 5.41) is 0. The Morgan fingerprint density at radius 2 is 2.30 bits per heavy atom. The van der Waals surface area contributed by atoms with Gasteiger partial charge in [-0.1, -0.05) is 6.92 Å². The van der Waals surface area contributed by atoms with Gasteiger partial charge in [0.05, 0.1) is 5.69 Å². The van der Waals surface area contributed by atoms with Gasteiger partial charge < -0.3 is 5.73 Å². The van der Waals surface area contributed by atoms with Crippen molar-refractivity contribution in [3.05, 3.63) is 22.4 Å². The van der Waals surface area contributed by atoms with E-state index in [-0.39, 0.29) is 0 Å². The highest BCUT2D eigenvalue weighted by Crippen LogP contribution is 2.16. The Morgan fingerprint density at radius 1 is 1.60 bits per heavy atom. The fourth-order valence-corrected chi connectivity index (χ4v) is 1.04. The zero-order chi connectivity index (χ0) is 7.56. The van der Waals surface area contributed by atoms with Crippen LogP contribution in [0.2, 0.25) is 0 Å². The maximum absolute atomic E-state index is 5.53. The fraction of sp³-hybridized carbons (Fsp3) is 0.286. The first-order chi connectivity index (χ1) is 4.74. The van der Waals surface area contributed by atoms with Crippen molar-refractivity contribution in [3.63, 3.8) is 0 Å². The lowest BCUT2D eigenvalue weighted by Gasteiger charge is -1.98. The van der Waals surface area contributed by atoms with Gasteiger partial charge in [-0.15, -0.1) is 0 Å². The highest BCUT2D eigenvalue weighted by Gasteiger charge is 1.96. The summed E-state index contributed by atoms with van der Waals surface area (Å²) in [4.78, 5) is 4.18. The zero-order valence-electron chi connectivity index (χ0n) is 5.76. The van der Waals surface area contributed by atoms with Crippen molar-refractivity contribution in [1.82, 2.24) is 4.98 Å². The third-order valence-corrected chi connectivity index (χ3v) is 1.93. The number of hydrogen-bond donors (Lipinski definition) is 1. The van der Waals surface area contributed by atoms with Gasteiger partial charge in [0.2, 0.25) is 0 Å². The summed E-state index contributed by atoms with van der Waals surface area (Å²) in [7, 11) is 0. The van der Waals surface area contributed by atoms with Crippen LogP contribution in [0.5, 0.6) is 0 Å². The topological polar surface area (TPSA) is 38.9 Å². The maximum Gasteiger partial charge on any atom is 0.129 e. The molecule has 0 aromatic carbocycles. The molecule has 0 aliphatic carbocycles. The van der Waals surface area contributed by atoms with Gasteiger partial charge in [0.15, 0.2) is 0 Å². The molecule has 54 valence electrons. The molecule has 3 heteroatoms. The molecule has 1 rings (SSSR count). The standard InChI is InChI=1S/C7H9BrN2/c1-2-5-3-4-6(9)7(8)10-5/h3-4H,2,9H2,1H3. The number of pyridine rings is 1. The first-order valence-corrected chi connectivity index (χ1v) is 3.94. The van der Waals surface area contributed by atoms with Crippen molar-refractivity contribution in [2.75, 3.05) is 5.73 Å². The van der Waals surface area contributed by atoms with Crippen LogP contribution in [0.1, 0.15) is 12.6 Å². The van der Waals surface area contributed by atoms with Gasteiger partial charge in [-0.25, -0.2) is 4.98 Å². The van der Waals surface area contributed by atoms with E-state index < -0.39 is 0 Å². The van der Waals surface area contributed by atoms with E-state index in [9.17, 15) is 0 Å². The quantitative estimate of drug-likeness (QED) is 0.705. The van der Waals surface area contributed by atoms with Gasteiger partial charge in [-0.05, 0) is 34.5 Å². The average Bonchev–Trinajstić information content (AvgIpc) is 1.95. The molecule has 1 aromatic rings. The molecule has 0 unspecified atom stereocenters. The molecule has 0 bridgehead atoms. The van der Waals surface area contributed by atoms with E-state index in [4.69, 9.17) is 5.73 Å². The molecule has 1 heterocycles. The lowest BCUT2D eigenvalue weighted by molar-refractivity contribution is 1.02. The first kappa shape index (κ1) is 7.54. The van der Waals surface area contributed by atoms with Gasteiger partial charge in [-0.3, -0.25) is 0 Å². The Balaban J connectivity index is 3.04. The summed E-state index contributed by atoms with van der Waals surface area (Å²) in [6, 6.07) is 3.79. The van der Waals surface area contributed by atoms with E-state index in [0.29, 0.717) is 5.69 Å². The average molecular weight is 201 g/mol. The molecule has 0 saturated heterocycles. The molecule has 0 saturated carbocycles. The third-order valence-electron chi connectivity index (χ3n) is 1.30. The van der Waals surface area contributed by atoms with Crippen LogP contribution in [0.3, 0.4) is 0 Å². The summed E-state index contributed by atoms with van der Waals surface area (Å²) in [6.07, 6.45) is 0.943. The number of nitrogens with two attached hydrogens (primary N) is 1. The van der Waals surface area contributed by atoms with Crippen molar-refractivity contribution < 1.29 is 0 Å². The molecular formula is C7H9BrN2. The van der Waals surface area contributed by atoms with E-state index in [1.165, 1.54) is 0 Å². The number of aryl methyl sites for hydroxylation is 1. The van der Waals surface area contributed by atoms with Gasteiger partial charge in [0, 0.05) is 5.69 Å². The van der Waals surface area contributed by atoms with E-state index in [2.05, 4.69) is 27.8 Å². The number of nitrogen functional groups attached to an aromatic ring is 1. The summed E-state index contributed by atoms with van der Waals surface area (Å²) < 4.78 is 0.742. The second-order valence-corrected chi connectivity index (χ2v) is 2.79. The largest absolute Gasteiger partial charge is 0.397 e. The fourth-order valence-electron chi connectivity index (χ4n) is 0.680. The highest BCUT2D eigenvalue weighted by atomic mass is 79.9. The molecule has 0 spiro atoms. The predicted molar refractivity (Wildman–Crippen MR) is 45.7 cm³/mol. The number of hydrogen-bond acceptors (Lipinski definition) is 2. The van der Waals surface area contributed by atoms with E-state index in [1.807, 2.05) is 12.1 Å². The van der Waals surface area contributed by atoms with Gasteiger partial charge in [0.25, 0.3) is 0 Å². The highest BCUT2D eigenvalue weighted by molar-refractivity contribution is 9.10.